The molecule has 0 saturated carbocycles. The van der Waals surface area contributed by atoms with Crippen LogP contribution in [0.4, 0.5) is 17.1 Å². The fourth-order valence-electron chi connectivity index (χ4n) is 7.85. The Bertz CT molecular complexity index is 2270. The lowest BCUT2D eigenvalue weighted by atomic mass is 9.81. The molecule has 0 unspecified atom stereocenters. The van der Waals surface area contributed by atoms with Crippen molar-refractivity contribution in [3.8, 4) is 11.1 Å². The van der Waals surface area contributed by atoms with Gasteiger partial charge in [-0.15, -0.1) is 0 Å². The van der Waals surface area contributed by atoms with Gasteiger partial charge in [-0.3, -0.25) is 0 Å². The number of anilines is 3. The molecule has 0 radical (unpaired) electrons. The summed E-state index contributed by atoms with van der Waals surface area (Å²) in [4.78, 5) is 2.54. The average molecular weight is 620 g/mol. The van der Waals surface area contributed by atoms with E-state index in [1.165, 1.54) is 77.6 Å². The Morgan fingerprint density at radius 3 is 1.77 bits per heavy atom. The molecule has 48 heavy (non-hydrogen) atoms. The van der Waals surface area contributed by atoms with Crippen LogP contribution in [0.25, 0.3) is 38.7 Å². The van der Waals surface area contributed by atoms with E-state index in [2.05, 4.69) is 172 Å². The number of nitrogens with zero attached hydrogens (tertiary/aromatic N) is 1. The van der Waals surface area contributed by atoms with E-state index in [4.69, 9.17) is 0 Å². The Morgan fingerprint density at radius 1 is 0.667 bits per heavy atom. The maximum atomic E-state index is 4.07. The predicted molar refractivity (Wildman–Crippen MR) is 208 cm³/mol. The molecule has 0 fully saturated rings. The first-order valence-corrected chi connectivity index (χ1v) is 17.1. The summed E-state index contributed by atoms with van der Waals surface area (Å²) < 4.78 is 0. The second-order valence-electron chi connectivity index (χ2n) is 14.0. The molecule has 1 heterocycles. The summed E-state index contributed by atoms with van der Waals surface area (Å²) in [5.74, 6) is 0. The van der Waals surface area contributed by atoms with Gasteiger partial charge in [0.05, 0.1) is 0 Å². The highest BCUT2D eigenvalue weighted by molar-refractivity contribution is 5.96. The number of aryl methyl sites for hydroxylation is 2. The van der Waals surface area contributed by atoms with Crippen LogP contribution in [0.15, 0.2) is 151 Å². The molecule has 6 aromatic carbocycles. The van der Waals surface area contributed by atoms with E-state index in [0.29, 0.717) is 0 Å². The number of hydrogen-bond acceptors (Lipinski definition) is 1. The molecule has 0 aromatic heterocycles. The number of hydrogen-bond donors (Lipinski definition) is 0. The van der Waals surface area contributed by atoms with Crippen molar-refractivity contribution in [3.05, 3.63) is 179 Å². The summed E-state index contributed by atoms with van der Waals surface area (Å²) in [5.41, 5.74) is 15.2. The first-order chi connectivity index (χ1) is 23.3. The summed E-state index contributed by atoms with van der Waals surface area (Å²) in [5, 5.41) is 5.15. The van der Waals surface area contributed by atoms with Gasteiger partial charge in [0.1, 0.15) is 0 Å². The Kier molecular flexibility index (Phi) is 7.30. The lowest BCUT2D eigenvalue weighted by Gasteiger charge is -2.30. The standard InChI is InChI=1S/C47H41N/c1-6-11-32(24-31(2)3)16-17-33-18-22-41-42-23-21-40(30-44(42)47(4,5)43(41)25-33)48-45-28-36-14-9-7-12-34(36)26-38(45)19-20-39-27-35-13-8-10-15-37(35)29-46(39)48/h6-18,21-30H,2,19-20H2,1,3-5H3/b11-6-,17-16+,32-24+. The van der Waals surface area contributed by atoms with Crippen LogP contribution in [0.2, 0.25) is 0 Å². The van der Waals surface area contributed by atoms with Crippen molar-refractivity contribution in [1.82, 2.24) is 0 Å². The number of fused-ring (bicyclic) bond motifs is 7. The fraction of sp³-hybridized carbons (Fsp3) is 0.149. The minimum atomic E-state index is -0.144. The predicted octanol–water partition coefficient (Wildman–Crippen LogP) is 13.0. The normalized spacial score (nSPS) is 15.1. The summed E-state index contributed by atoms with van der Waals surface area (Å²) in [7, 11) is 0. The molecule has 1 aliphatic heterocycles. The van der Waals surface area contributed by atoms with Gasteiger partial charge in [0.2, 0.25) is 0 Å². The first-order valence-electron chi connectivity index (χ1n) is 17.1. The SMILES string of the molecule is C=C(C)/C=C(\C=C/C)/C=C/c1ccc2c(c1)C(C)(C)c1cc(N3c4cc5ccccc5cc4CCc4cc5ccccc5cc43)ccc1-2. The van der Waals surface area contributed by atoms with Gasteiger partial charge in [-0.05, 0) is 129 Å². The third-order valence-electron chi connectivity index (χ3n) is 10.2. The van der Waals surface area contributed by atoms with Crippen LogP contribution < -0.4 is 4.90 Å². The summed E-state index contributed by atoms with van der Waals surface area (Å²) in [6.45, 7) is 12.9. The number of allylic oxidation sites excluding steroid dienone is 6. The Labute approximate surface area is 284 Å². The molecule has 1 nitrogen and oxygen atoms in total. The molecule has 0 N–H and O–H groups in total. The Balaban J connectivity index is 1.27. The van der Waals surface area contributed by atoms with Crippen molar-refractivity contribution in [2.75, 3.05) is 4.90 Å². The minimum Gasteiger partial charge on any atom is -0.310 e. The summed E-state index contributed by atoms with van der Waals surface area (Å²) >= 11 is 0. The molecule has 8 rings (SSSR count). The van der Waals surface area contributed by atoms with E-state index >= 15 is 0 Å². The molecule has 0 amide bonds. The van der Waals surface area contributed by atoms with E-state index in [9.17, 15) is 0 Å². The van der Waals surface area contributed by atoms with Gasteiger partial charge in [0.15, 0.2) is 0 Å². The van der Waals surface area contributed by atoms with Crippen molar-refractivity contribution in [1.29, 1.82) is 0 Å². The lowest BCUT2D eigenvalue weighted by Crippen LogP contribution is -2.17. The molecule has 234 valence electrons. The van der Waals surface area contributed by atoms with Gasteiger partial charge in [0, 0.05) is 22.5 Å². The van der Waals surface area contributed by atoms with E-state index in [1.54, 1.807) is 0 Å². The van der Waals surface area contributed by atoms with E-state index in [1.807, 2.05) is 6.92 Å². The van der Waals surface area contributed by atoms with Gasteiger partial charge in [-0.1, -0.05) is 129 Å². The van der Waals surface area contributed by atoms with Gasteiger partial charge in [-0.25, -0.2) is 0 Å². The highest BCUT2D eigenvalue weighted by Gasteiger charge is 2.36. The van der Waals surface area contributed by atoms with E-state index in [-0.39, 0.29) is 5.41 Å². The molecule has 1 heteroatoms. The van der Waals surface area contributed by atoms with Crippen LogP contribution in [0, 0.1) is 0 Å². The molecule has 2 aliphatic rings. The second-order valence-corrected chi connectivity index (χ2v) is 14.0. The van der Waals surface area contributed by atoms with E-state index in [0.717, 1.165) is 24.0 Å². The monoisotopic (exact) mass is 619 g/mol. The van der Waals surface area contributed by atoms with Crippen LogP contribution in [0.5, 0.6) is 0 Å². The molecule has 0 saturated heterocycles. The van der Waals surface area contributed by atoms with Crippen molar-refractivity contribution >= 4 is 44.7 Å². The van der Waals surface area contributed by atoms with Crippen molar-refractivity contribution in [2.45, 2.75) is 46.0 Å². The molecule has 0 atom stereocenters. The van der Waals surface area contributed by atoms with E-state index < -0.39 is 0 Å². The highest BCUT2D eigenvalue weighted by atomic mass is 15.1. The molecule has 1 aliphatic carbocycles. The van der Waals surface area contributed by atoms with Crippen LogP contribution in [-0.4, -0.2) is 0 Å². The van der Waals surface area contributed by atoms with Crippen LogP contribution in [0.1, 0.15) is 55.5 Å². The zero-order chi connectivity index (χ0) is 33.0. The smallest absolute Gasteiger partial charge is 0.0500 e. The molecular weight excluding hydrogens is 579 g/mol. The molecular formula is C47H41N. The zero-order valence-electron chi connectivity index (χ0n) is 28.3. The number of benzene rings is 6. The Hall–Kier alpha value is -5.40. The topological polar surface area (TPSA) is 3.24 Å². The van der Waals surface area contributed by atoms with Crippen molar-refractivity contribution < 1.29 is 0 Å². The van der Waals surface area contributed by atoms with Gasteiger partial charge >= 0.3 is 0 Å². The van der Waals surface area contributed by atoms with Crippen molar-refractivity contribution in [2.24, 2.45) is 0 Å². The fourth-order valence-corrected chi connectivity index (χ4v) is 7.85. The molecule has 0 spiro atoms. The first kappa shape index (κ1) is 30.0. The van der Waals surface area contributed by atoms with Crippen LogP contribution in [0.3, 0.4) is 0 Å². The molecule has 6 aromatic rings. The summed E-state index contributed by atoms with van der Waals surface area (Å²) in [6.07, 6.45) is 12.8. The maximum Gasteiger partial charge on any atom is 0.0500 e. The minimum absolute atomic E-state index is 0.144. The largest absolute Gasteiger partial charge is 0.310 e. The van der Waals surface area contributed by atoms with Crippen LogP contribution in [-0.2, 0) is 18.3 Å². The van der Waals surface area contributed by atoms with Gasteiger partial charge < -0.3 is 4.90 Å². The quantitative estimate of drug-likeness (QED) is 0.174. The Morgan fingerprint density at radius 2 is 1.21 bits per heavy atom. The second kappa shape index (κ2) is 11.7. The maximum absolute atomic E-state index is 4.07. The summed E-state index contributed by atoms with van der Waals surface area (Å²) in [6, 6.07) is 41.3. The van der Waals surface area contributed by atoms with Gasteiger partial charge in [-0.2, -0.15) is 0 Å². The lowest BCUT2D eigenvalue weighted by molar-refractivity contribution is 0.660. The molecule has 0 bridgehead atoms. The van der Waals surface area contributed by atoms with Crippen molar-refractivity contribution in [3.63, 3.8) is 0 Å². The average Bonchev–Trinajstić information content (AvgIpc) is 3.20. The zero-order valence-corrected chi connectivity index (χ0v) is 28.3. The third kappa shape index (κ3) is 5.11. The van der Waals surface area contributed by atoms with Gasteiger partial charge in [0.25, 0.3) is 0 Å². The third-order valence-corrected chi connectivity index (χ3v) is 10.2. The highest BCUT2D eigenvalue weighted by Crippen LogP contribution is 2.52. The number of rotatable bonds is 5. The van der Waals surface area contributed by atoms with Crippen LogP contribution >= 0.6 is 0 Å².